The van der Waals surface area contributed by atoms with Crippen LogP contribution in [0.5, 0.6) is 0 Å². The van der Waals surface area contributed by atoms with Gasteiger partial charge in [0.05, 0.1) is 12.2 Å². The van der Waals surface area contributed by atoms with Gasteiger partial charge in [-0.25, -0.2) is 4.68 Å². The van der Waals surface area contributed by atoms with E-state index in [-0.39, 0.29) is 12.1 Å². The second kappa shape index (κ2) is 7.29. The summed E-state index contributed by atoms with van der Waals surface area (Å²) in [5, 5.41) is 4.03. The lowest BCUT2D eigenvalue weighted by atomic mass is 10.0. The maximum Gasteiger partial charge on any atom is 0.327 e. The van der Waals surface area contributed by atoms with Crippen LogP contribution >= 0.6 is 0 Å². The van der Waals surface area contributed by atoms with Crippen LogP contribution in [0.25, 0.3) is 0 Å². The average molecular weight is 327 g/mol. The van der Waals surface area contributed by atoms with Gasteiger partial charge in [0.2, 0.25) is 0 Å². The van der Waals surface area contributed by atoms with E-state index in [1.54, 1.807) is 13.0 Å². The van der Waals surface area contributed by atoms with Gasteiger partial charge in [0.1, 0.15) is 13.2 Å². The van der Waals surface area contributed by atoms with Gasteiger partial charge in [0.15, 0.2) is 0 Å². The summed E-state index contributed by atoms with van der Waals surface area (Å²) in [5.74, 6) is -0.444. The first kappa shape index (κ1) is 16.2. The Morgan fingerprint density at radius 3 is 2.96 bits per heavy atom. The van der Waals surface area contributed by atoms with E-state index in [0.717, 1.165) is 24.1 Å². The highest BCUT2D eigenvalue weighted by Gasteiger charge is 2.16. The number of aryl methyl sites for hydroxylation is 2. The van der Waals surface area contributed by atoms with Gasteiger partial charge in [-0.05, 0) is 37.5 Å². The molecule has 1 aliphatic rings. The van der Waals surface area contributed by atoms with Crippen molar-refractivity contribution in [2.45, 2.75) is 26.3 Å². The molecule has 0 saturated carbocycles. The number of esters is 1. The Morgan fingerprint density at radius 1 is 1.25 bits per heavy atom. The van der Waals surface area contributed by atoms with Crippen molar-refractivity contribution >= 4 is 11.7 Å². The summed E-state index contributed by atoms with van der Waals surface area (Å²) < 4.78 is 6.41. The van der Waals surface area contributed by atoms with Gasteiger partial charge in [-0.3, -0.25) is 9.59 Å². The minimum absolute atomic E-state index is 0.156. The topological polar surface area (TPSA) is 64.4 Å². The molecule has 0 unspecified atom stereocenters. The van der Waals surface area contributed by atoms with Gasteiger partial charge >= 0.3 is 5.97 Å². The monoisotopic (exact) mass is 327 g/mol. The fourth-order valence-electron chi connectivity index (χ4n) is 2.95. The van der Waals surface area contributed by atoms with Gasteiger partial charge in [0, 0.05) is 18.3 Å². The Hall–Kier alpha value is -2.63. The third-order valence-corrected chi connectivity index (χ3v) is 4.11. The van der Waals surface area contributed by atoms with E-state index in [0.29, 0.717) is 18.8 Å². The second-order valence-electron chi connectivity index (χ2n) is 5.91. The number of carbonyl (C=O) groups excluding carboxylic acids is 1. The van der Waals surface area contributed by atoms with Crippen molar-refractivity contribution in [3.8, 4) is 0 Å². The van der Waals surface area contributed by atoms with E-state index in [4.69, 9.17) is 4.74 Å². The van der Waals surface area contributed by atoms with Crippen molar-refractivity contribution in [1.82, 2.24) is 9.78 Å². The molecule has 0 N–H and O–H groups in total. The molecule has 0 saturated heterocycles. The van der Waals surface area contributed by atoms with Crippen molar-refractivity contribution in [3.05, 3.63) is 58.0 Å². The number of rotatable bonds is 5. The van der Waals surface area contributed by atoms with E-state index in [9.17, 15) is 9.59 Å². The minimum Gasteiger partial charge on any atom is -0.462 e. The number of carbonyl (C=O) groups is 1. The number of fused-ring (bicyclic) bond motifs is 1. The normalized spacial score (nSPS) is 13.5. The molecule has 6 heteroatoms. The van der Waals surface area contributed by atoms with Gasteiger partial charge in [0.25, 0.3) is 5.56 Å². The summed E-state index contributed by atoms with van der Waals surface area (Å²) in [7, 11) is 0. The highest BCUT2D eigenvalue weighted by atomic mass is 16.5. The third-order valence-electron chi connectivity index (χ3n) is 4.11. The Labute approximate surface area is 140 Å². The van der Waals surface area contributed by atoms with E-state index in [2.05, 4.69) is 28.2 Å². The van der Waals surface area contributed by atoms with Crippen molar-refractivity contribution in [2.24, 2.45) is 0 Å². The van der Waals surface area contributed by atoms with E-state index in [1.165, 1.54) is 17.3 Å². The molecule has 0 radical (unpaired) electrons. The number of nitrogens with zero attached hydrogens (tertiary/aromatic N) is 3. The van der Waals surface area contributed by atoms with Crippen molar-refractivity contribution in [1.29, 1.82) is 0 Å². The molecule has 1 aliphatic heterocycles. The third kappa shape index (κ3) is 3.82. The number of hydrogen-bond acceptors (Lipinski definition) is 5. The molecule has 126 valence electrons. The van der Waals surface area contributed by atoms with Gasteiger partial charge < -0.3 is 9.64 Å². The molecule has 0 amide bonds. The zero-order valence-corrected chi connectivity index (χ0v) is 13.8. The Balaban J connectivity index is 1.53. The Morgan fingerprint density at radius 2 is 2.08 bits per heavy atom. The molecule has 0 spiro atoms. The molecule has 1 aromatic carbocycles. The summed E-state index contributed by atoms with van der Waals surface area (Å²) in [4.78, 5) is 25.8. The van der Waals surface area contributed by atoms with Crippen LogP contribution in [-0.2, 0) is 22.5 Å². The standard InChI is InChI=1S/C18H21N3O3/c1-14-8-9-17(22)21(19-14)13-18(23)24-12-11-20-10-4-6-15-5-2-3-7-16(15)20/h2-3,5,7-9H,4,6,10-13H2,1H3. The number of ether oxygens (including phenoxy) is 1. The van der Waals surface area contributed by atoms with Crippen molar-refractivity contribution < 1.29 is 9.53 Å². The molecule has 2 aromatic rings. The molecular formula is C18H21N3O3. The van der Waals surface area contributed by atoms with Crippen LogP contribution in [0.1, 0.15) is 17.7 Å². The first-order chi connectivity index (χ1) is 11.6. The van der Waals surface area contributed by atoms with Crippen LogP contribution in [0, 0.1) is 6.92 Å². The molecule has 2 heterocycles. The fourth-order valence-corrected chi connectivity index (χ4v) is 2.95. The molecule has 6 nitrogen and oxygen atoms in total. The lowest BCUT2D eigenvalue weighted by Crippen LogP contribution is -2.34. The first-order valence-electron chi connectivity index (χ1n) is 8.17. The van der Waals surface area contributed by atoms with Crippen molar-refractivity contribution in [3.63, 3.8) is 0 Å². The smallest absolute Gasteiger partial charge is 0.327 e. The quantitative estimate of drug-likeness (QED) is 0.780. The Bertz CT molecular complexity index is 785. The average Bonchev–Trinajstić information content (AvgIpc) is 2.58. The molecule has 1 aromatic heterocycles. The van der Waals surface area contributed by atoms with Crippen LogP contribution in [0.4, 0.5) is 5.69 Å². The SMILES string of the molecule is Cc1ccc(=O)n(CC(=O)OCCN2CCCc3ccccc32)n1. The molecule has 24 heavy (non-hydrogen) atoms. The van der Waals surface area contributed by atoms with Crippen molar-refractivity contribution in [2.75, 3.05) is 24.6 Å². The molecular weight excluding hydrogens is 306 g/mol. The maximum absolute atomic E-state index is 11.9. The molecule has 0 aliphatic carbocycles. The van der Waals surface area contributed by atoms with Gasteiger partial charge in [-0.15, -0.1) is 0 Å². The number of benzene rings is 1. The summed E-state index contributed by atoms with van der Waals surface area (Å²) in [5.41, 5.74) is 2.94. The Kier molecular flexibility index (Phi) is 4.93. The summed E-state index contributed by atoms with van der Waals surface area (Å²) in [6, 6.07) is 11.3. The predicted octanol–water partition coefficient (Wildman–Crippen LogP) is 1.55. The van der Waals surface area contributed by atoms with Crippen LogP contribution in [-0.4, -0.2) is 35.4 Å². The molecule has 0 atom stereocenters. The lowest BCUT2D eigenvalue weighted by Gasteiger charge is -2.31. The highest BCUT2D eigenvalue weighted by molar-refractivity contribution is 5.69. The van der Waals surface area contributed by atoms with E-state index in [1.807, 2.05) is 6.07 Å². The van der Waals surface area contributed by atoms with Crippen LogP contribution < -0.4 is 10.5 Å². The summed E-state index contributed by atoms with van der Waals surface area (Å²) >= 11 is 0. The van der Waals surface area contributed by atoms with Crippen LogP contribution in [0.3, 0.4) is 0 Å². The summed E-state index contributed by atoms with van der Waals surface area (Å²) in [6.07, 6.45) is 2.20. The van der Waals surface area contributed by atoms with Gasteiger partial charge in [-0.1, -0.05) is 18.2 Å². The number of aromatic nitrogens is 2. The molecule has 0 bridgehead atoms. The largest absolute Gasteiger partial charge is 0.462 e. The highest BCUT2D eigenvalue weighted by Crippen LogP contribution is 2.26. The zero-order chi connectivity index (χ0) is 16.9. The molecule has 3 rings (SSSR count). The predicted molar refractivity (Wildman–Crippen MR) is 91.2 cm³/mol. The first-order valence-corrected chi connectivity index (χ1v) is 8.17. The number of hydrogen-bond donors (Lipinski definition) is 0. The van der Waals surface area contributed by atoms with E-state index >= 15 is 0 Å². The number of para-hydroxylation sites is 1. The van der Waals surface area contributed by atoms with E-state index < -0.39 is 5.97 Å². The maximum atomic E-state index is 11.9. The lowest BCUT2D eigenvalue weighted by molar-refractivity contribution is -0.144. The minimum atomic E-state index is -0.444. The van der Waals surface area contributed by atoms with Crippen LogP contribution in [0.15, 0.2) is 41.2 Å². The van der Waals surface area contributed by atoms with Crippen LogP contribution in [0.2, 0.25) is 0 Å². The fraction of sp³-hybridized carbons (Fsp3) is 0.389. The number of anilines is 1. The zero-order valence-electron chi connectivity index (χ0n) is 13.8. The molecule has 0 fully saturated rings. The second-order valence-corrected chi connectivity index (χ2v) is 5.91. The van der Waals surface area contributed by atoms with Gasteiger partial charge in [-0.2, -0.15) is 5.10 Å². The summed E-state index contributed by atoms with van der Waals surface area (Å²) in [6.45, 7) is 3.53.